The zero-order chi connectivity index (χ0) is 24.0. The van der Waals surface area contributed by atoms with Crippen LogP contribution in [0.1, 0.15) is 18.4 Å². The number of nitrogens with zero attached hydrogens (tertiary/aromatic N) is 2. The second-order valence-corrected chi connectivity index (χ2v) is 7.21. The number of alkyl halides is 3. The fourth-order valence-corrected chi connectivity index (χ4v) is 3.28. The molecule has 2 aromatic rings. The van der Waals surface area contributed by atoms with Crippen molar-refractivity contribution >= 4 is 29.0 Å². The maximum Gasteiger partial charge on any atom is 0.416 e. The number of amides is 3. The normalized spacial score (nSPS) is 13.8. The van der Waals surface area contributed by atoms with Crippen molar-refractivity contribution in [2.45, 2.75) is 19.0 Å². The Kier molecular flexibility index (Phi) is 7.16. The van der Waals surface area contributed by atoms with Gasteiger partial charge in [-0.2, -0.15) is 13.2 Å². The highest BCUT2D eigenvalue weighted by molar-refractivity contribution is 5.93. The first kappa shape index (κ1) is 23.6. The number of carbonyl (C=O) groups is 2. The van der Waals surface area contributed by atoms with E-state index in [0.717, 1.165) is 29.5 Å². The number of piperidine rings is 1. The number of carbonyl (C=O) groups excluding carboxylic acids is 2. The van der Waals surface area contributed by atoms with Crippen molar-refractivity contribution in [2.75, 3.05) is 23.3 Å². The Morgan fingerprint density at radius 3 is 2.39 bits per heavy atom. The van der Waals surface area contributed by atoms with Crippen molar-refractivity contribution in [1.29, 1.82) is 0 Å². The minimum Gasteiger partial charge on any atom is -0.371 e. The Morgan fingerprint density at radius 1 is 1.03 bits per heavy atom. The smallest absolute Gasteiger partial charge is 0.371 e. The van der Waals surface area contributed by atoms with Crippen LogP contribution >= 0.6 is 0 Å². The lowest BCUT2D eigenvalue weighted by Crippen LogP contribution is -2.43. The molecule has 174 valence electrons. The molecule has 0 unspecified atom stereocenters. The van der Waals surface area contributed by atoms with Crippen LogP contribution in [0, 0.1) is 10.1 Å². The van der Waals surface area contributed by atoms with Crippen LogP contribution in [-0.4, -0.2) is 30.0 Å². The Hall–Kier alpha value is -4.09. The number of hydrazine groups is 1. The first-order valence-electron chi connectivity index (χ1n) is 9.85. The van der Waals surface area contributed by atoms with Gasteiger partial charge in [-0.15, -0.1) is 0 Å². The molecule has 0 aromatic heterocycles. The third-order valence-corrected chi connectivity index (χ3v) is 4.89. The number of hydrogen-bond donors (Lipinski definition) is 3. The van der Waals surface area contributed by atoms with E-state index in [1.807, 2.05) is 4.90 Å². The van der Waals surface area contributed by atoms with Gasteiger partial charge in [0.15, 0.2) is 0 Å². The van der Waals surface area contributed by atoms with Crippen LogP contribution in [0.15, 0.2) is 60.2 Å². The highest BCUT2D eigenvalue weighted by Crippen LogP contribution is 2.30. The van der Waals surface area contributed by atoms with Gasteiger partial charge in [-0.25, -0.2) is 10.2 Å². The van der Waals surface area contributed by atoms with Crippen molar-refractivity contribution in [3.8, 4) is 0 Å². The van der Waals surface area contributed by atoms with Gasteiger partial charge in [0.1, 0.15) is 0 Å². The van der Waals surface area contributed by atoms with E-state index in [9.17, 15) is 32.9 Å². The van der Waals surface area contributed by atoms with Crippen LogP contribution in [-0.2, 0) is 11.0 Å². The first-order valence-corrected chi connectivity index (χ1v) is 9.85. The number of benzene rings is 2. The molecule has 1 aliphatic rings. The van der Waals surface area contributed by atoms with Crippen LogP contribution in [0.25, 0.3) is 0 Å². The van der Waals surface area contributed by atoms with E-state index < -0.39 is 28.6 Å². The Balaban J connectivity index is 1.47. The van der Waals surface area contributed by atoms with Gasteiger partial charge in [0.2, 0.25) is 0 Å². The molecule has 0 spiro atoms. The molecule has 0 aliphatic carbocycles. The zero-order valence-electron chi connectivity index (χ0n) is 17.2. The number of nitro benzene ring substituents is 1. The molecule has 3 rings (SSSR count). The summed E-state index contributed by atoms with van der Waals surface area (Å²) in [5.41, 5.74) is 4.81. The predicted molar refractivity (Wildman–Crippen MR) is 114 cm³/mol. The Morgan fingerprint density at radius 2 is 1.73 bits per heavy atom. The molecule has 1 aliphatic heterocycles. The maximum absolute atomic E-state index is 12.7. The van der Waals surface area contributed by atoms with E-state index in [2.05, 4.69) is 16.2 Å². The average Bonchev–Trinajstić information content (AvgIpc) is 2.78. The number of nitro groups is 1. The number of rotatable bonds is 4. The van der Waals surface area contributed by atoms with Crippen LogP contribution in [0.4, 0.5) is 35.0 Å². The molecule has 0 atom stereocenters. The minimum absolute atomic E-state index is 0.00250. The minimum atomic E-state index is -4.54. The third-order valence-electron chi connectivity index (χ3n) is 4.89. The molecule has 3 N–H and O–H groups in total. The molecular weight excluding hydrogens is 443 g/mol. The second kappa shape index (κ2) is 10.0. The third kappa shape index (κ3) is 6.69. The molecule has 9 nitrogen and oxygen atoms in total. The van der Waals surface area contributed by atoms with E-state index in [1.54, 1.807) is 12.1 Å². The second-order valence-electron chi connectivity index (χ2n) is 7.21. The summed E-state index contributed by atoms with van der Waals surface area (Å²) in [6.07, 6.45) is -2.10. The molecule has 3 amide bonds. The highest BCUT2D eigenvalue weighted by Gasteiger charge is 2.30. The number of nitrogens with one attached hydrogen (secondary N) is 3. The summed E-state index contributed by atoms with van der Waals surface area (Å²) in [6, 6.07) is 9.49. The van der Waals surface area contributed by atoms with Gasteiger partial charge in [0.05, 0.1) is 10.5 Å². The number of non-ortho nitro benzene ring substituents is 1. The maximum atomic E-state index is 12.7. The van der Waals surface area contributed by atoms with Crippen LogP contribution in [0.2, 0.25) is 0 Å². The van der Waals surface area contributed by atoms with Gasteiger partial charge < -0.3 is 10.2 Å². The van der Waals surface area contributed by atoms with Crippen LogP contribution in [0.3, 0.4) is 0 Å². The largest absolute Gasteiger partial charge is 0.416 e. The number of halogens is 3. The lowest BCUT2D eigenvalue weighted by Gasteiger charge is -2.30. The summed E-state index contributed by atoms with van der Waals surface area (Å²) in [7, 11) is 0. The van der Waals surface area contributed by atoms with Gasteiger partial charge in [-0.3, -0.25) is 20.3 Å². The molecule has 0 bridgehead atoms. The fourth-order valence-electron chi connectivity index (χ4n) is 3.28. The molecule has 12 heteroatoms. The molecule has 1 heterocycles. The van der Waals surface area contributed by atoms with E-state index in [4.69, 9.17) is 0 Å². The summed E-state index contributed by atoms with van der Waals surface area (Å²) in [5, 5.41) is 13.1. The first-order chi connectivity index (χ1) is 15.6. The van der Waals surface area contributed by atoms with Crippen molar-refractivity contribution in [3.63, 3.8) is 0 Å². The quantitative estimate of drug-likeness (QED) is 0.360. The fraction of sp³-hybridized carbons (Fsp3) is 0.238. The van der Waals surface area contributed by atoms with Crippen molar-refractivity contribution in [1.82, 2.24) is 10.9 Å². The summed E-state index contributed by atoms with van der Waals surface area (Å²) in [4.78, 5) is 36.4. The summed E-state index contributed by atoms with van der Waals surface area (Å²) in [6.45, 7) is 1.12. The van der Waals surface area contributed by atoms with Gasteiger partial charge in [-0.1, -0.05) is 17.7 Å². The number of urea groups is 1. The van der Waals surface area contributed by atoms with Gasteiger partial charge in [0.25, 0.3) is 11.6 Å². The SMILES string of the molecule is O=C(C=C1CCN(c2cccc([N+](=O)[O-])c2)CC1)NNC(=O)Nc1cccc(C(F)(F)F)c1. The molecule has 1 fully saturated rings. The zero-order valence-corrected chi connectivity index (χ0v) is 17.2. The number of hydrogen-bond acceptors (Lipinski definition) is 5. The Bertz CT molecular complexity index is 1080. The monoisotopic (exact) mass is 463 g/mol. The molecule has 2 aromatic carbocycles. The van der Waals surface area contributed by atoms with Gasteiger partial charge in [0, 0.05) is 42.7 Å². The highest BCUT2D eigenvalue weighted by atomic mass is 19.4. The Labute approximate surface area is 186 Å². The molecule has 33 heavy (non-hydrogen) atoms. The lowest BCUT2D eigenvalue weighted by molar-refractivity contribution is -0.384. The van der Waals surface area contributed by atoms with E-state index >= 15 is 0 Å². The molecule has 1 saturated heterocycles. The van der Waals surface area contributed by atoms with Crippen LogP contribution < -0.4 is 21.1 Å². The molecule has 0 radical (unpaired) electrons. The van der Waals surface area contributed by atoms with Gasteiger partial charge >= 0.3 is 12.2 Å². The van der Waals surface area contributed by atoms with E-state index in [-0.39, 0.29) is 11.4 Å². The topological polar surface area (TPSA) is 117 Å². The average molecular weight is 463 g/mol. The van der Waals surface area contributed by atoms with Gasteiger partial charge in [-0.05, 0) is 37.1 Å². The summed E-state index contributed by atoms with van der Waals surface area (Å²) >= 11 is 0. The van der Waals surface area contributed by atoms with Crippen molar-refractivity contribution in [3.05, 3.63) is 75.9 Å². The molecular formula is C21H20F3N5O4. The summed E-state index contributed by atoms with van der Waals surface area (Å²) in [5.74, 6) is -0.590. The van der Waals surface area contributed by atoms with E-state index in [0.29, 0.717) is 25.9 Å². The van der Waals surface area contributed by atoms with Crippen molar-refractivity contribution in [2.24, 2.45) is 0 Å². The standard InChI is InChI=1S/C21H20F3N5O4/c22-21(23,24)15-3-1-4-16(12-15)25-20(31)27-26-19(30)11-14-7-9-28(10-8-14)17-5-2-6-18(13-17)29(32)33/h1-6,11-13H,7-10H2,(H,26,30)(H2,25,27,31). The van der Waals surface area contributed by atoms with Crippen molar-refractivity contribution < 1.29 is 27.7 Å². The number of anilines is 2. The van der Waals surface area contributed by atoms with Crippen LogP contribution in [0.5, 0.6) is 0 Å². The van der Waals surface area contributed by atoms with E-state index in [1.165, 1.54) is 24.3 Å². The predicted octanol–water partition coefficient (Wildman–Crippen LogP) is 3.99. The summed E-state index contributed by atoms with van der Waals surface area (Å²) < 4.78 is 38.2. The lowest BCUT2D eigenvalue weighted by atomic mass is 10.0. The molecule has 0 saturated carbocycles.